The van der Waals surface area contributed by atoms with Gasteiger partial charge in [0.1, 0.15) is 12.4 Å². The largest absolute Gasteiger partial charge is 0.448 e. The summed E-state index contributed by atoms with van der Waals surface area (Å²) in [7, 11) is 1.52. The highest BCUT2D eigenvalue weighted by Crippen LogP contribution is 2.51. The summed E-state index contributed by atoms with van der Waals surface area (Å²) in [5.74, 6) is 2.09. The van der Waals surface area contributed by atoms with Crippen molar-refractivity contribution >= 4 is 18.1 Å². The predicted octanol–water partition coefficient (Wildman–Crippen LogP) is 3.47. The highest BCUT2D eigenvalue weighted by molar-refractivity contribution is 5.91. The summed E-state index contributed by atoms with van der Waals surface area (Å²) in [5, 5.41) is 5.85. The highest BCUT2D eigenvalue weighted by atomic mass is 16.6. The number of ether oxygens (including phenoxy) is 2. The van der Waals surface area contributed by atoms with Gasteiger partial charge in [-0.3, -0.25) is 4.79 Å². The van der Waals surface area contributed by atoms with E-state index in [-0.39, 0.29) is 24.5 Å². The van der Waals surface area contributed by atoms with Crippen molar-refractivity contribution in [1.29, 1.82) is 0 Å². The highest BCUT2D eigenvalue weighted by Gasteiger charge is 2.52. The van der Waals surface area contributed by atoms with Crippen LogP contribution in [-0.4, -0.2) is 56.3 Å². The molecule has 1 spiro atoms. The molecule has 0 aromatic heterocycles. The van der Waals surface area contributed by atoms with Crippen LogP contribution in [0.2, 0.25) is 0 Å². The van der Waals surface area contributed by atoms with Crippen molar-refractivity contribution in [1.82, 2.24) is 15.5 Å². The fraction of sp³-hybridized carbons (Fsp3) is 0.667. The molecule has 1 saturated heterocycles. The van der Waals surface area contributed by atoms with Crippen molar-refractivity contribution in [2.24, 2.45) is 23.5 Å². The summed E-state index contributed by atoms with van der Waals surface area (Å²) in [6, 6.07) is 5.44. The van der Waals surface area contributed by atoms with Gasteiger partial charge in [-0.2, -0.15) is 0 Å². The van der Waals surface area contributed by atoms with E-state index in [1.807, 2.05) is 17.0 Å². The van der Waals surface area contributed by atoms with Crippen molar-refractivity contribution in [3.8, 4) is 5.75 Å². The maximum absolute atomic E-state index is 14.3. The minimum atomic E-state index is -0.858. The number of primary amides is 1. The topological polar surface area (TPSA) is 123 Å². The quantitative estimate of drug-likeness (QED) is 0.550. The number of nitrogens with one attached hydrogen (secondary N) is 2. The Balaban J connectivity index is 1.76. The number of hydrogen-bond acceptors (Lipinski definition) is 6. The molecular weight excluding hydrogens is 460 g/mol. The number of fused-ring (bicyclic) bond motifs is 2. The van der Waals surface area contributed by atoms with Gasteiger partial charge in [0.05, 0.1) is 18.0 Å². The van der Waals surface area contributed by atoms with Gasteiger partial charge in [0, 0.05) is 7.05 Å². The normalized spacial score (nSPS) is 25.4. The Morgan fingerprint density at radius 3 is 2.50 bits per heavy atom. The van der Waals surface area contributed by atoms with Crippen LogP contribution in [0.3, 0.4) is 0 Å². The Labute approximate surface area is 213 Å². The van der Waals surface area contributed by atoms with E-state index in [0.29, 0.717) is 37.0 Å². The average molecular weight is 501 g/mol. The zero-order chi connectivity index (χ0) is 25.9. The number of benzene rings is 1. The molecule has 1 aromatic carbocycles. The standard InChI is InChI=1S/C27H40N4O5/c1-17(2)18-4-6-19(7-5-18)23-21-16-20(36-25(28)33)8-9-22(21)27(10-12-30-13-11-27)24(32)31(23)14-15-35-26(34)29-3/h8-9,16-19,23,30H,4-7,10-15H2,1-3H3,(H2,28,33)(H,29,34). The molecule has 1 atom stereocenters. The first-order valence-corrected chi connectivity index (χ1v) is 13.2. The zero-order valence-corrected chi connectivity index (χ0v) is 21.7. The van der Waals surface area contributed by atoms with Crippen LogP contribution < -0.4 is 21.1 Å². The van der Waals surface area contributed by atoms with Crippen molar-refractivity contribution in [3.05, 3.63) is 29.3 Å². The molecule has 4 rings (SSSR count). The van der Waals surface area contributed by atoms with E-state index in [4.69, 9.17) is 15.2 Å². The van der Waals surface area contributed by atoms with E-state index >= 15 is 0 Å². The predicted molar refractivity (Wildman–Crippen MR) is 136 cm³/mol. The van der Waals surface area contributed by atoms with Gasteiger partial charge in [-0.25, -0.2) is 9.59 Å². The van der Waals surface area contributed by atoms with Crippen molar-refractivity contribution in [2.45, 2.75) is 63.8 Å². The summed E-state index contributed by atoms with van der Waals surface area (Å²) in [6.45, 7) is 6.48. The molecule has 3 aliphatic rings. The fourth-order valence-corrected chi connectivity index (χ4v) is 6.61. The van der Waals surface area contributed by atoms with Crippen molar-refractivity contribution in [2.75, 3.05) is 33.3 Å². The van der Waals surface area contributed by atoms with E-state index in [1.165, 1.54) is 7.05 Å². The number of carbonyl (C=O) groups excluding carboxylic acids is 3. The molecule has 1 aromatic rings. The third-order valence-electron chi connectivity index (χ3n) is 8.51. The molecule has 36 heavy (non-hydrogen) atoms. The van der Waals surface area contributed by atoms with Crippen LogP contribution >= 0.6 is 0 Å². The van der Waals surface area contributed by atoms with E-state index in [2.05, 4.69) is 24.5 Å². The lowest BCUT2D eigenvalue weighted by Crippen LogP contribution is -2.58. The number of amides is 3. The molecule has 0 radical (unpaired) electrons. The monoisotopic (exact) mass is 500 g/mol. The van der Waals surface area contributed by atoms with E-state index in [9.17, 15) is 14.4 Å². The second-order valence-corrected chi connectivity index (χ2v) is 10.8. The first-order chi connectivity index (χ1) is 17.3. The summed E-state index contributed by atoms with van der Waals surface area (Å²) in [6.07, 6.45) is 4.29. The lowest BCUT2D eigenvalue weighted by Gasteiger charge is -2.52. The Hall–Kier alpha value is -2.81. The minimum Gasteiger partial charge on any atom is -0.448 e. The Morgan fingerprint density at radius 2 is 1.89 bits per heavy atom. The van der Waals surface area contributed by atoms with Gasteiger partial charge < -0.3 is 30.7 Å². The Morgan fingerprint density at radius 1 is 1.19 bits per heavy atom. The number of nitrogens with two attached hydrogens (primary N) is 1. The maximum atomic E-state index is 14.3. The molecule has 9 heteroatoms. The molecule has 2 fully saturated rings. The first-order valence-electron chi connectivity index (χ1n) is 13.2. The Kier molecular flexibility index (Phi) is 8.07. The lowest BCUT2D eigenvalue weighted by atomic mass is 9.63. The number of hydrogen-bond donors (Lipinski definition) is 3. The molecule has 1 saturated carbocycles. The molecule has 2 heterocycles. The maximum Gasteiger partial charge on any atom is 0.409 e. The molecule has 1 unspecified atom stereocenters. The third kappa shape index (κ3) is 5.16. The molecule has 9 nitrogen and oxygen atoms in total. The van der Waals surface area contributed by atoms with Crippen LogP contribution in [0.4, 0.5) is 9.59 Å². The van der Waals surface area contributed by atoms with Crippen LogP contribution in [0.1, 0.15) is 69.5 Å². The van der Waals surface area contributed by atoms with Gasteiger partial charge in [0.25, 0.3) is 0 Å². The first kappa shape index (κ1) is 26.3. The number of rotatable bonds is 6. The Bertz CT molecular complexity index is 967. The van der Waals surface area contributed by atoms with Gasteiger partial charge in [0.2, 0.25) is 5.91 Å². The second-order valence-electron chi connectivity index (χ2n) is 10.8. The summed E-state index contributed by atoms with van der Waals surface area (Å²) < 4.78 is 10.6. The van der Waals surface area contributed by atoms with Gasteiger partial charge in [-0.05, 0) is 92.6 Å². The molecule has 0 bridgehead atoms. The number of piperidine rings is 1. The van der Waals surface area contributed by atoms with Crippen LogP contribution in [0, 0.1) is 17.8 Å². The SMILES string of the molecule is CNC(=O)OCCN1C(=O)C2(CCNCC2)c2ccc(OC(N)=O)cc2C1C1CCC(C(C)C)CC1. The smallest absolute Gasteiger partial charge is 0.409 e. The number of nitrogens with zero attached hydrogens (tertiary/aromatic N) is 1. The fourth-order valence-electron chi connectivity index (χ4n) is 6.61. The third-order valence-corrected chi connectivity index (χ3v) is 8.51. The molecular formula is C27H40N4O5. The molecule has 4 N–H and O–H groups in total. The van der Waals surface area contributed by atoms with Gasteiger partial charge >= 0.3 is 12.2 Å². The van der Waals surface area contributed by atoms with Crippen LogP contribution in [0.15, 0.2) is 18.2 Å². The number of alkyl carbamates (subject to hydrolysis) is 1. The minimum absolute atomic E-state index is 0.108. The molecule has 1 aliphatic carbocycles. The average Bonchev–Trinajstić information content (AvgIpc) is 2.87. The lowest BCUT2D eigenvalue weighted by molar-refractivity contribution is -0.146. The number of carbonyl (C=O) groups is 3. The van der Waals surface area contributed by atoms with Crippen LogP contribution in [0.5, 0.6) is 5.75 Å². The van der Waals surface area contributed by atoms with E-state index in [0.717, 1.165) is 49.9 Å². The van der Waals surface area contributed by atoms with Crippen molar-refractivity contribution in [3.63, 3.8) is 0 Å². The van der Waals surface area contributed by atoms with Crippen molar-refractivity contribution < 1.29 is 23.9 Å². The van der Waals surface area contributed by atoms with Crippen LogP contribution in [-0.2, 0) is 14.9 Å². The van der Waals surface area contributed by atoms with Gasteiger partial charge in [0.15, 0.2) is 0 Å². The van der Waals surface area contributed by atoms with Gasteiger partial charge in [-0.15, -0.1) is 0 Å². The molecule has 3 amide bonds. The van der Waals surface area contributed by atoms with E-state index < -0.39 is 17.6 Å². The summed E-state index contributed by atoms with van der Waals surface area (Å²) in [5.41, 5.74) is 6.74. The van der Waals surface area contributed by atoms with Crippen LogP contribution in [0.25, 0.3) is 0 Å². The second kappa shape index (κ2) is 11.1. The summed E-state index contributed by atoms with van der Waals surface area (Å²) in [4.78, 5) is 39.6. The molecule has 198 valence electrons. The van der Waals surface area contributed by atoms with E-state index in [1.54, 1.807) is 6.07 Å². The summed E-state index contributed by atoms with van der Waals surface area (Å²) >= 11 is 0. The molecule has 2 aliphatic heterocycles. The zero-order valence-electron chi connectivity index (χ0n) is 21.7. The van der Waals surface area contributed by atoms with Gasteiger partial charge in [-0.1, -0.05) is 19.9 Å².